The van der Waals surface area contributed by atoms with Crippen LogP contribution in [0, 0.1) is 42.7 Å². The zero-order valence-corrected chi connectivity index (χ0v) is 19.1. The highest BCUT2D eigenvalue weighted by atomic mass is 16.6. The smallest absolute Gasteiger partial charge is 0.269 e. The van der Waals surface area contributed by atoms with E-state index in [1.165, 1.54) is 23.1 Å². The summed E-state index contributed by atoms with van der Waals surface area (Å²) in [5, 5.41) is 14.2. The van der Waals surface area contributed by atoms with E-state index >= 15 is 0 Å². The number of fused-ring (bicyclic) bond motifs is 7. The molecule has 3 fully saturated rings. The fraction of sp³-hybridized carbons (Fsp3) is 0.400. The first kappa shape index (κ1) is 21.0. The number of carbonyl (C=O) groups excluding carboxylic acids is 3. The van der Waals surface area contributed by atoms with Crippen LogP contribution in [-0.2, 0) is 19.9 Å². The fourth-order valence-electron chi connectivity index (χ4n) is 6.90. The molecular weight excluding hydrogens is 436 g/mol. The minimum absolute atomic E-state index is 0.103. The molecular formula is C25H24N4O5. The van der Waals surface area contributed by atoms with Crippen molar-refractivity contribution in [2.45, 2.75) is 45.2 Å². The van der Waals surface area contributed by atoms with E-state index in [4.69, 9.17) is 0 Å². The van der Waals surface area contributed by atoms with Crippen molar-refractivity contribution in [2.75, 3.05) is 16.8 Å². The minimum atomic E-state index is -1.23. The van der Waals surface area contributed by atoms with Gasteiger partial charge in [0, 0.05) is 29.4 Å². The van der Waals surface area contributed by atoms with E-state index in [1.807, 2.05) is 26.0 Å². The predicted octanol–water partition coefficient (Wildman–Crippen LogP) is 2.95. The largest absolute Gasteiger partial charge is 0.324 e. The van der Waals surface area contributed by atoms with Crippen molar-refractivity contribution >= 4 is 34.8 Å². The Bertz CT molecular complexity index is 1340. The molecule has 6 rings (SSSR count). The second kappa shape index (κ2) is 6.73. The first-order chi connectivity index (χ1) is 16.2. The van der Waals surface area contributed by atoms with Crippen LogP contribution in [0.5, 0.6) is 0 Å². The Morgan fingerprint density at radius 2 is 1.82 bits per heavy atom. The number of hydrogen-bond acceptors (Lipinski definition) is 6. The number of aryl methyl sites for hydroxylation is 3. The molecule has 0 aromatic heterocycles. The van der Waals surface area contributed by atoms with Crippen molar-refractivity contribution in [1.29, 1.82) is 0 Å². The lowest BCUT2D eigenvalue weighted by molar-refractivity contribution is -0.384. The second-order valence-electron chi connectivity index (χ2n) is 9.87. The van der Waals surface area contributed by atoms with Crippen molar-refractivity contribution in [1.82, 2.24) is 4.90 Å². The molecule has 3 amide bonds. The van der Waals surface area contributed by atoms with Crippen LogP contribution in [0.25, 0.3) is 0 Å². The van der Waals surface area contributed by atoms with Crippen LogP contribution in [0.1, 0.15) is 35.1 Å². The topological polar surface area (TPSA) is 113 Å². The summed E-state index contributed by atoms with van der Waals surface area (Å²) in [4.78, 5) is 55.6. The maximum absolute atomic E-state index is 14.1. The Labute approximate surface area is 195 Å². The SMILES string of the molecule is Cc1cc(C)c2c(c1)[C@]1(C(=O)N2)[C@@H]2C(=O)N(c3ccc([N+](=O)[O-])cc3C)C(=O)[C@@H]2[C@H]2CCCN21. The molecule has 3 saturated heterocycles. The monoisotopic (exact) mass is 460 g/mol. The summed E-state index contributed by atoms with van der Waals surface area (Å²) in [5.74, 6) is -2.47. The summed E-state index contributed by atoms with van der Waals surface area (Å²) in [6, 6.07) is 7.89. The van der Waals surface area contributed by atoms with Gasteiger partial charge in [-0.25, -0.2) is 4.90 Å². The van der Waals surface area contributed by atoms with Gasteiger partial charge >= 0.3 is 0 Å². The average Bonchev–Trinajstić information content (AvgIpc) is 3.48. The van der Waals surface area contributed by atoms with Gasteiger partial charge in [0.1, 0.15) is 5.54 Å². The Balaban J connectivity index is 1.54. The van der Waals surface area contributed by atoms with Crippen LogP contribution in [0.2, 0.25) is 0 Å². The normalized spacial score (nSPS) is 29.6. The Morgan fingerprint density at radius 3 is 2.53 bits per heavy atom. The molecule has 2 aromatic rings. The van der Waals surface area contributed by atoms with E-state index < -0.39 is 28.2 Å². The molecule has 1 spiro atoms. The summed E-state index contributed by atoms with van der Waals surface area (Å²) in [6.07, 6.45) is 1.59. The van der Waals surface area contributed by atoms with Crippen molar-refractivity contribution < 1.29 is 19.3 Å². The highest BCUT2D eigenvalue weighted by molar-refractivity contribution is 6.26. The maximum Gasteiger partial charge on any atom is 0.269 e. The molecule has 0 unspecified atom stereocenters. The second-order valence-corrected chi connectivity index (χ2v) is 9.87. The minimum Gasteiger partial charge on any atom is -0.324 e. The van der Waals surface area contributed by atoms with Crippen LogP contribution >= 0.6 is 0 Å². The lowest BCUT2D eigenvalue weighted by Crippen LogP contribution is -2.54. The number of amides is 3. The van der Waals surface area contributed by atoms with Gasteiger partial charge in [-0.05, 0) is 57.4 Å². The summed E-state index contributed by atoms with van der Waals surface area (Å²) < 4.78 is 0. The summed E-state index contributed by atoms with van der Waals surface area (Å²) in [6.45, 7) is 6.20. The van der Waals surface area contributed by atoms with Crippen molar-refractivity contribution in [3.05, 3.63) is 62.7 Å². The van der Waals surface area contributed by atoms with Crippen LogP contribution in [-0.4, -0.2) is 40.1 Å². The van der Waals surface area contributed by atoms with Crippen LogP contribution < -0.4 is 10.2 Å². The third-order valence-electron chi connectivity index (χ3n) is 8.08. The van der Waals surface area contributed by atoms with E-state index in [2.05, 4.69) is 10.2 Å². The molecule has 9 heteroatoms. The average molecular weight is 460 g/mol. The van der Waals surface area contributed by atoms with Gasteiger partial charge in [-0.3, -0.25) is 29.4 Å². The number of non-ortho nitro benzene ring substituents is 1. The number of nitrogens with one attached hydrogen (secondary N) is 1. The Kier molecular flexibility index (Phi) is 4.15. The molecule has 0 bridgehead atoms. The molecule has 4 heterocycles. The number of anilines is 2. The molecule has 0 aliphatic carbocycles. The summed E-state index contributed by atoms with van der Waals surface area (Å²) in [5.41, 5.74) is 2.91. The molecule has 4 aliphatic rings. The predicted molar refractivity (Wildman–Crippen MR) is 123 cm³/mol. The van der Waals surface area contributed by atoms with Crippen LogP contribution in [0.4, 0.5) is 17.1 Å². The quantitative estimate of drug-likeness (QED) is 0.419. The number of carbonyl (C=O) groups is 3. The van der Waals surface area contributed by atoms with Crippen LogP contribution in [0.15, 0.2) is 30.3 Å². The highest BCUT2D eigenvalue weighted by Gasteiger charge is 2.74. The molecule has 174 valence electrons. The molecule has 0 radical (unpaired) electrons. The Morgan fingerprint density at radius 1 is 1.06 bits per heavy atom. The maximum atomic E-state index is 14.1. The number of nitro groups is 1. The van der Waals surface area contributed by atoms with Crippen molar-refractivity contribution in [3.63, 3.8) is 0 Å². The number of rotatable bonds is 2. The first-order valence-electron chi connectivity index (χ1n) is 11.5. The van der Waals surface area contributed by atoms with E-state index in [0.29, 0.717) is 17.8 Å². The van der Waals surface area contributed by atoms with E-state index in [-0.39, 0.29) is 23.5 Å². The molecule has 0 saturated carbocycles. The molecule has 9 nitrogen and oxygen atoms in total. The number of imide groups is 1. The zero-order valence-electron chi connectivity index (χ0n) is 19.1. The van der Waals surface area contributed by atoms with Gasteiger partial charge in [0.05, 0.1) is 22.4 Å². The number of nitro benzene ring substituents is 1. The van der Waals surface area contributed by atoms with Gasteiger partial charge in [-0.2, -0.15) is 0 Å². The number of hydrogen-bond donors (Lipinski definition) is 1. The molecule has 34 heavy (non-hydrogen) atoms. The summed E-state index contributed by atoms with van der Waals surface area (Å²) in [7, 11) is 0. The lowest BCUT2D eigenvalue weighted by Gasteiger charge is -2.37. The van der Waals surface area contributed by atoms with Crippen molar-refractivity contribution in [2.24, 2.45) is 11.8 Å². The van der Waals surface area contributed by atoms with E-state index in [0.717, 1.165) is 35.2 Å². The molecule has 1 N–H and O–H groups in total. The van der Waals surface area contributed by atoms with Gasteiger partial charge < -0.3 is 5.32 Å². The van der Waals surface area contributed by atoms with Gasteiger partial charge in [-0.1, -0.05) is 17.7 Å². The van der Waals surface area contributed by atoms with E-state index in [9.17, 15) is 24.5 Å². The van der Waals surface area contributed by atoms with Gasteiger partial charge in [0.2, 0.25) is 17.7 Å². The van der Waals surface area contributed by atoms with Gasteiger partial charge in [-0.15, -0.1) is 0 Å². The molecule has 2 aromatic carbocycles. The molecule has 4 atom stereocenters. The lowest BCUT2D eigenvalue weighted by atomic mass is 9.75. The van der Waals surface area contributed by atoms with Crippen molar-refractivity contribution in [3.8, 4) is 0 Å². The standard InChI is InChI=1S/C25H24N4O5/c1-12-9-14(3)21-16(10-12)25(24(32)26-21)20-19(18-5-4-8-27(18)25)22(30)28(23(20)31)17-7-6-15(29(33)34)11-13(17)2/h6-7,9-11,18-20H,4-5,8H2,1-3H3,(H,26,32)/t18-,19-,20+,25-/m1/s1. The van der Waals surface area contributed by atoms with Gasteiger partial charge in [0.15, 0.2) is 0 Å². The summed E-state index contributed by atoms with van der Waals surface area (Å²) >= 11 is 0. The van der Waals surface area contributed by atoms with Gasteiger partial charge in [0.25, 0.3) is 5.69 Å². The third-order valence-corrected chi connectivity index (χ3v) is 8.08. The fourth-order valence-corrected chi connectivity index (χ4v) is 6.90. The first-order valence-corrected chi connectivity index (χ1v) is 11.5. The number of nitrogens with zero attached hydrogens (tertiary/aromatic N) is 3. The zero-order chi connectivity index (χ0) is 24.1. The third kappa shape index (κ3) is 2.34. The molecule has 4 aliphatic heterocycles. The van der Waals surface area contributed by atoms with Crippen LogP contribution in [0.3, 0.4) is 0 Å². The Hall–Kier alpha value is -3.59. The highest BCUT2D eigenvalue weighted by Crippen LogP contribution is 2.61. The number of benzene rings is 2. The van der Waals surface area contributed by atoms with E-state index in [1.54, 1.807) is 6.92 Å².